The highest BCUT2D eigenvalue weighted by Crippen LogP contribution is 2.35. The van der Waals surface area contributed by atoms with Gasteiger partial charge in [0.05, 0.1) is 0 Å². The third-order valence-electron chi connectivity index (χ3n) is 4.97. The van der Waals surface area contributed by atoms with E-state index in [1.807, 2.05) is 18.2 Å². The lowest BCUT2D eigenvalue weighted by molar-refractivity contribution is 0.163. The van der Waals surface area contributed by atoms with Crippen molar-refractivity contribution in [3.8, 4) is 17.2 Å². The molecule has 0 radical (unpaired) electrons. The molecule has 0 amide bonds. The van der Waals surface area contributed by atoms with Gasteiger partial charge in [-0.1, -0.05) is 0 Å². The van der Waals surface area contributed by atoms with Gasteiger partial charge in [-0.25, -0.2) is 0 Å². The summed E-state index contributed by atoms with van der Waals surface area (Å²) in [5, 5.41) is 3.65. The van der Waals surface area contributed by atoms with Crippen LogP contribution in [0, 0.1) is 0 Å². The molecule has 0 aliphatic carbocycles. The van der Waals surface area contributed by atoms with E-state index >= 15 is 0 Å². The first kappa shape index (κ1) is 14.2. The van der Waals surface area contributed by atoms with Gasteiger partial charge in [0.2, 0.25) is 6.79 Å². The number of hydrogen-bond acceptors (Lipinski definition) is 5. The Morgan fingerprint density at radius 3 is 3.14 bits per heavy atom. The highest BCUT2D eigenvalue weighted by Gasteiger charge is 2.31. The third-order valence-corrected chi connectivity index (χ3v) is 4.97. The molecule has 120 valence electrons. The number of hydrogen-bond donors (Lipinski definition) is 1. The quantitative estimate of drug-likeness (QED) is 0.843. The Bertz CT molecular complexity index is 523. The molecule has 22 heavy (non-hydrogen) atoms. The Morgan fingerprint density at radius 1 is 1.18 bits per heavy atom. The number of rotatable bonds is 5. The van der Waals surface area contributed by atoms with Crippen LogP contribution in [0.4, 0.5) is 0 Å². The van der Waals surface area contributed by atoms with Crippen LogP contribution in [0.1, 0.15) is 25.7 Å². The monoisotopic (exact) mass is 304 g/mol. The van der Waals surface area contributed by atoms with Crippen molar-refractivity contribution in [2.24, 2.45) is 0 Å². The van der Waals surface area contributed by atoms with E-state index in [-0.39, 0.29) is 0 Å². The zero-order valence-electron chi connectivity index (χ0n) is 12.9. The molecule has 3 heterocycles. The van der Waals surface area contributed by atoms with Crippen molar-refractivity contribution in [3.05, 3.63) is 18.2 Å². The maximum Gasteiger partial charge on any atom is 0.231 e. The standard InChI is InChI=1S/C17H24N2O3/c1-2-14-10-13(5-8-19(14)7-1)18-6-9-20-15-3-4-16-17(11-15)22-12-21-16/h3-4,11,13-14,18H,1-2,5-10,12H2/t13-,14-/m1/s1. The fourth-order valence-corrected chi connectivity index (χ4v) is 3.81. The number of benzene rings is 1. The lowest BCUT2D eigenvalue weighted by atomic mass is 9.98. The average molecular weight is 304 g/mol. The molecule has 0 aromatic heterocycles. The third kappa shape index (κ3) is 3.01. The summed E-state index contributed by atoms with van der Waals surface area (Å²) in [5.74, 6) is 2.42. The Morgan fingerprint density at radius 2 is 2.14 bits per heavy atom. The Kier molecular flexibility index (Phi) is 4.08. The van der Waals surface area contributed by atoms with E-state index in [4.69, 9.17) is 14.2 Å². The van der Waals surface area contributed by atoms with Crippen LogP contribution < -0.4 is 19.5 Å². The summed E-state index contributed by atoms with van der Waals surface area (Å²) in [4.78, 5) is 2.65. The summed E-state index contributed by atoms with van der Waals surface area (Å²) in [6, 6.07) is 7.21. The summed E-state index contributed by atoms with van der Waals surface area (Å²) in [5.41, 5.74) is 0. The van der Waals surface area contributed by atoms with Crippen LogP contribution in [0.25, 0.3) is 0 Å². The van der Waals surface area contributed by atoms with Crippen LogP contribution in [0.3, 0.4) is 0 Å². The summed E-state index contributed by atoms with van der Waals surface area (Å²) < 4.78 is 16.5. The maximum absolute atomic E-state index is 5.80. The van der Waals surface area contributed by atoms with Gasteiger partial charge < -0.3 is 24.4 Å². The van der Waals surface area contributed by atoms with Gasteiger partial charge in [0.15, 0.2) is 11.5 Å². The van der Waals surface area contributed by atoms with Crippen LogP contribution in [0.15, 0.2) is 18.2 Å². The summed E-state index contributed by atoms with van der Waals surface area (Å²) >= 11 is 0. The second-order valence-corrected chi connectivity index (χ2v) is 6.37. The largest absolute Gasteiger partial charge is 0.492 e. The van der Waals surface area contributed by atoms with Crippen LogP contribution in [-0.4, -0.2) is 50.0 Å². The fraction of sp³-hybridized carbons (Fsp3) is 0.647. The molecule has 0 spiro atoms. The molecule has 0 bridgehead atoms. The molecular formula is C17H24N2O3. The number of fused-ring (bicyclic) bond motifs is 2. The van der Waals surface area contributed by atoms with E-state index in [2.05, 4.69) is 10.2 Å². The van der Waals surface area contributed by atoms with Crippen LogP contribution in [0.5, 0.6) is 17.2 Å². The zero-order valence-corrected chi connectivity index (χ0v) is 12.9. The summed E-state index contributed by atoms with van der Waals surface area (Å²) in [6.45, 7) is 4.45. The van der Waals surface area contributed by atoms with Crippen molar-refractivity contribution in [1.82, 2.24) is 10.2 Å². The number of ether oxygens (including phenoxy) is 3. The second-order valence-electron chi connectivity index (χ2n) is 6.37. The molecule has 1 aromatic carbocycles. The van der Waals surface area contributed by atoms with Gasteiger partial charge in [-0.3, -0.25) is 0 Å². The zero-order chi connectivity index (χ0) is 14.8. The molecule has 3 aliphatic heterocycles. The summed E-state index contributed by atoms with van der Waals surface area (Å²) in [7, 11) is 0. The first-order valence-corrected chi connectivity index (χ1v) is 8.38. The van der Waals surface area contributed by atoms with E-state index in [0.29, 0.717) is 19.4 Å². The van der Waals surface area contributed by atoms with Crippen LogP contribution in [0.2, 0.25) is 0 Å². The van der Waals surface area contributed by atoms with Crippen molar-refractivity contribution < 1.29 is 14.2 Å². The van der Waals surface area contributed by atoms with E-state index in [1.165, 1.54) is 38.8 Å². The minimum atomic E-state index is 0.306. The predicted molar refractivity (Wildman–Crippen MR) is 83.7 cm³/mol. The van der Waals surface area contributed by atoms with Crippen LogP contribution in [-0.2, 0) is 0 Å². The van der Waals surface area contributed by atoms with Crippen molar-refractivity contribution in [3.63, 3.8) is 0 Å². The molecule has 1 aromatic rings. The van der Waals surface area contributed by atoms with Gasteiger partial charge in [-0.2, -0.15) is 0 Å². The van der Waals surface area contributed by atoms with Gasteiger partial charge in [-0.15, -0.1) is 0 Å². The number of piperidine rings is 1. The predicted octanol–water partition coefficient (Wildman–Crippen LogP) is 2.01. The molecular weight excluding hydrogens is 280 g/mol. The van der Waals surface area contributed by atoms with Crippen molar-refractivity contribution in [1.29, 1.82) is 0 Å². The molecule has 2 saturated heterocycles. The molecule has 0 saturated carbocycles. The SMILES string of the molecule is c1cc2c(cc1OCCN[C@@H]1CCN3CCC[C@@H]3C1)OCO2. The molecule has 5 nitrogen and oxygen atoms in total. The van der Waals surface area contributed by atoms with Crippen LogP contribution >= 0.6 is 0 Å². The molecule has 5 heteroatoms. The first-order chi connectivity index (χ1) is 10.9. The van der Waals surface area contributed by atoms with Gasteiger partial charge >= 0.3 is 0 Å². The second kappa shape index (κ2) is 6.34. The Balaban J connectivity index is 1.19. The van der Waals surface area contributed by atoms with E-state index in [1.54, 1.807) is 0 Å². The van der Waals surface area contributed by atoms with Crippen molar-refractivity contribution in [2.75, 3.05) is 33.0 Å². The van der Waals surface area contributed by atoms with E-state index in [9.17, 15) is 0 Å². The lowest BCUT2D eigenvalue weighted by Crippen LogP contribution is -2.46. The lowest BCUT2D eigenvalue weighted by Gasteiger charge is -2.35. The molecule has 2 atom stereocenters. The summed E-state index contributed by atoms with van der Waals surface area (Å²) in [6.07, 6.45) is 5.32. The molecule has 1 N–H and O–H groups in total. The minimum Gasteiger partial charge on any atom is -0.492 e. The highest BCUT2D eigenvalue weighted by molar-refractivity contribution is 5.46. The normalized spacial score (nSPS) is 26.9. The highest BCUT2D eigenvalue weighted by atomic mass is 16.7. The van der Waals surface area contributed by atoms with Crippen molar-refractivity contribution in [2.45, 2.75) is 37.8 Å². The smallest absolute Gasteiger partial charge is 0.231 e. The van der Waals surface area contributed by atoms with E-state index in [0.717, 1.165) is 29.8 Å². The van der Waals surface area contributed by atoms with Crippen molar-refractivity contribution >= 4 is 0 Å². The number of nitrogens with zero attached hydrogens (tertiary/aromatic N) is 1. The molecule has 0 unspecified atom stereocenters. The van der Waals surface area contributed by atoms with E-state index < -0.39 is 0 Å². The molecule has 3 aliphatic rings. The minimum absolute atomic E-state index is 0.306. The number of nitrogens with one attached hydrogen (secondary N) is 1. The van der Waals surface area contributed by atoms with Gasteiger partial charge in [0.25, 0.3) is 0 Å². The molecule has 4 rings (SSSR count). The maximum atomic E-state index is 5.80. The van der Waals surface area contributed by atoms with Gasteiger partial charge in [0.1, 0.15) is 12.4 Å². The Labute approximate surface area is 131 Å². The van der Waals surface area contributed by atoms with Gasteiger partial charge in [0, 0.05) is 24.7 Å². The topological polar surface area (TPSA) is 43.0 Å². The fourth-order valence-electron chi connectivity index (χ4n) is 3.81. The van der Waals surface area contributed by atoms with Gasteiger partial charge in [-0.05, 0) is 50.9 Å². The Hall–Kier alpha value is -1.46. The molecule has 2 fully saturated rings. The first-order valence-electron chi connectivity index (χ1n) is 8.38. The average Bonchev–Trinajstić information content (AvgIpc) is 3.19.